The van der Waals surface area contributed by atoms with Crippen molar-refractivity contribution in [3.8, 4) is 0 Å². The fourth-order valence-corrected chi connectivity index (χ4v) is 2.61. The summed E-state index contributed by atoms with van der Waals surface area (Å²) in [4.78, 5) is 11.0. The van der Waals surface area contributed by atoms with Crippen LogP contribution in [0, 0.1) is 6.92 Å². The van der Waals surface area contributed by atoms with Crippen molar-refractivity contribution < 1.29 is 14.3 Å². The van der Waals surface area contributed by atoms with Crippen LogP contribution in [0.15, 0.2) is 22.6 Å². The lowest BCUT2D eigenvalue weighted by Gasteiger charge is -2.36. The molecule has 18 heavy (non-hydrogen) atoms. The average molecular weight is 245 g/mol. The van der Waals surface area contributed by atoms with E-state index in [4.69, 9.17) is 15.3 Å². The van der Waals surface area contributed by atoms with Crippen molar-refractivity contribution in [3.05, 3.63) is 35.1 Å². The molecule has 1 aliphatic rings. The molecule has 0 amide bonds. The Labute approximate surface area is 104 Å². The highest BCUT2D eigenvalue weighted by Crippen LogP contribution is 2.43. The molecule has 4 nitrogen and oxygen atoms in total. The molecule has 1 heterocycles. The number of hydrogen-bond donors (Lipinski definition) is 2. The van der Waals surface area contributed by atoms with Crippen LogP contribution in [0.2, 0.25) is 0 Å². The summed E-state index contributed by atoms with van der Waals surface area (Å²) in [5, 5.41) is 9.85. The first kappa shape index (κ1) is 11.3. The van der Waals surface area contributed by atoms with E-state index in [0.29, 0.717) is 5.58 Å². The molecule has 0 spiro atoms. The third-order valence-electron chi connectivity index (χ3n) is 3.88. The fourth-order valence-electron chi connectivity index (χ4n) is 2.61. The summed E-state index contributed by atoms with van der Waals surface area (Å²) < 4.78 is 5.82. The van der Waals surface area contributed by atoms with Crippen LogP contribution in [-0.4, -0.2) is 11.1 Å². The summed E-state index contributed by atoms with van der Waals surface area (Å²) in [5.41, 5.74) is 7.88. The van der Waals surface area contributed by atoms with Crippen LogP contribution in [0.3, 0.4) is 0 Å². The van der Waals surface area contributed by atoms with Gasteiger partial charge in [0.25, 0.3) is 0 Å². The fraction of sp³-hybridized carbons (Fsp3) is 0.357. The molecule has 0 saturated heterocycles. The highest BCUT2D eigenvalue weighted by Gasteiger charge is 2.39. The monoisotopic (exact) mass is 245 g/mol. The molecule has 0 radical (unpaired) electrons. The standard InChI is InChI=1S/C14H15NO3/c1-8-10-7-9(13(16)17)3-4-11(10)18-12(8)14(15)5-2-6-14/h3-4,7H,2,5-6,15H2,1H3,(H,16,17). The van der Waals surface area contributed by atoms with Gasteiger partial charge in [0, 0.05) is 10.9 Å². The van der Waals surface area contributed by atoms with Gasteiger partial charge >= 0.3 is 5.97 Å². The zero-order chi connectivity index (χ0) is 12.9. The molecule has 0 bridgehead atoms. The largest absolute Gasteiger partial charge is 0.478 e. The van der Waals surface area contributed by atoms with Crippen LogP contribution >= 0.6 is 0 Å². The van der Waals surface area contributed by atoms with E-state index in [1.54, 1.807) is 18.2 Å². The summed E-state index contributed by atoms with van der Waals surface area (Å²) in [6, 6.07) is 4.92. The van der Waals surface area contributed by atoms with Crippen LogP contribution in [0.5, 0.6) is 0 Å². The number of benzene rings is 1. The Morgan fingerprint density at radius 3 is 2.72 bits per heavy atom. The van der Waals surface area contributed by atoms with Crippen LogP contribution < -0.4 is 5.73 Å². The number of carboxylic acids is 1. The Balaban J connectivity index is 2.19. The second-order valence-corrected chi connectivity index (χ2v) is 5.08. The summed E-state index contributed by atoms with van der Waals surface area (Å²) >= 11 is 0. The van der Waals surface area contributed by atoms with Crippen LogP contribution in [0.25, 0.3) is 11.0 Å². The van der Waals surface area contributed by atoms with E-state index in [1.165, 1.54) is 0 Å². The number of fused-ring (bicyclic) bond motifs is 1. The second-order valence-electron chi connectivity index (χ2n) is 5.08. The predicted molar refractivity (Wildman–Crippen MR) is 67.6 cm³/mol. The number of nitrogens with two attached hydrogens (primary N) is 1. The average Bonchev–Trinajstić information content (AvgIpc) is 2.64. The second kappa shape index (κ2) is 3.59. The van der Waals surface area contributed by atoms with Crippen molar-refractivity contribution in [1.29, 1.82) is 0 Å². The Kier molecular flexibility index (Phi) is 2.25. The van der Waals surface area contributed by atoms with E-state index in [0.717, 1.165) is 36.0 Å². The van der Waals surface area contributed by atoms with Gasteiger partial charge in [-0.15, -0.1) is 0 Å². The van der Waals surface area contributed by atoms with Gasteiger partial charge in [0.15, 0.2) is 0 Å². The maximum Gasteiger partial charge on any atom is 0.335 e. The maximum atomic E-state index is 11.0. The van der Waals surface area contributed by atoms with E-state index in [2.05, 4.69) is 0 Å². The number of rotatable bonds is 2. The molecule has 1 aromatic carbocycles. The SMILES string of the molecule is Cc1c(C2(N)CCC2)oc2ccc(C(=O)O)cc12. The molecule has 94 valence electrons. The molecule has 1 aromatic heterocycles. The lowest BCUT2D eigenvalue weighted by Crippen LogP contribution is -2.43. The Morgan fingerprint density at radius 1 is 1.44 bits per heavy atom. The van der Waals surface area contributed by atoms with Crippen molar-refractivity contribution >= 4 is 16.9 Å². The van der Waals surface area contributed by atoms with Gasteiger partial charge in [0.2, 0.25) is 0 Å². The Morgan fingerprint density at radius 2 is 2.17 bits per heavy atom. The topological polar surface area (TPSA) is 76.5 Å². The van der Waals surface area contributed by atoms with Crippen molar-refractivity contribution in [1.82, 2.24) is 0 Å². The summed E-state index contributed by atoms with van der Waals surface area (Å²) in [6.07, 6.45) is 2.98. The van der Waals surface area contributed by atoms with Gasteiger partial charge in [0.05, 0.1) is 11.1 Å². The summed E-state index contributed by atoms with van der Waals surface area (Å²) in [7, 11) is 0. The lowest BCUT2D eigenvalue weighted by molar-refractivity contribution is 0.0697. The molecular weight excluding hydrogens is 230 g/mol. The van der Waals surface area contributed by atoms with Gasteiger partial charge in [0.1, 0.15) is 11.3 Å². The lowest BCUT2D eigenvalue weighted by atomic mass is 9.75. The molecule has 3 rings (SSSR count). The van der Waals surface area contributed by atoms with Crippen LogP contribution in [-0.2, 0) is 5.54 Å². The number of carbonyl (C=O) groups is 1. The molecule has 1 fully saturated rings. The molecule has 1 saturated carbocycles. The zero-order valence-corrected chi connectivity index (χ0v) is 10.2. The number of aromatic carboxylic acids is 1. The number of carboxylic acid groups (broad SMARTS) is 1. The molecule has 0 atom stereocenters. The first-order chi connectivity index (χ1) is 8.51. The summed E-state index contributed by atoms with van der Waals surface area (Å²) in [6.45, 7) is 1.94. The third kappa shape index (κ3) is 1.46. The molecule has 1 aliphatic carbocycles. The van der Waals surface area contributed by atoms with E-state index >= 15 is 0 Å². The van der Waals surface area contributed by atoms with E-state index < -0.39 is 5.97 Å². The minimum atomic E-state index is -0.926. The molecule has 0 unspecified atom stereocenters. The minimum Gasteiger partial charge on any atom is -0.478 e. The Bertz CT molecular complexity index is 638. The first-order valence-corrected chi connectivity index (χ1v) is 6.07. The van der Waals surface area contributed by atoms with Gasteiger partial charge in [-0.2, -0.15) is 0 Å². The molecule has 3 N–H and O–H groups in total. The minimum absolute atomic E-state index is 0.276. The molecule has 0 aliphatic heterocycles. The normalized spacial score (nSPS) is 17.7. The highest BCUT2D eigenvalue weighted by molar-refractivity contribution is 5.94. The maximum absolute atomic E-state index is 11.0. The van der Waals surface area contributed by atoms with Gasteiger partial charge in [-0.05, 0) is 44.4 Å². The van der Waals surface area contributed by atoms with Crippen molar-refractivity contribution in [3.63, 3.8) is 0 Å². The quantitative estimate of drug-likeness (QED) is 0.852. The van der Waals surface area contributed by atoms with Crippen molar-refractivity contribution in [2.45, 2.75) is 31.7 Å². The van der Waals surface area contributed by atoms with Crippen LogP contribution in [0.4, 0.5) is 0 Å². The predicted octanol–water partition coefficient (Wildman–Crippen LogP) is 2.78. The van der Waals surface area contributed by atoms with Gasteiger partial charge in [-0.3, -0.25) is 0 Å². The highest BCUT2D eigenvalue weighted by atomic mass is 16.4. The summed E-state index contributed by atoms with van der Waals surface area (Å²) in [5.74, 6) is -0.114. The van der Waals surface area contributed by atoms with E-state index in [-0.39, 0.29) is 11.1 Å². The number of furan rings is 1. The zero-order valence-electron chi connectivity index (χ0n) is 10.2. The smallest absolute Gasteiger partial charge is 0.335 e. The van der Waals surface area contributed by atoms with Crippen molar-refractivity contribution in [2.75, 3.05) is 0 Å². The van der Waals surface area contributed by atoms with Crippen LogP contribution in [0.1, 0.15) is 40.9 Å². The van der Waals surface area contributed by atoms with E-state index in [9.17, 15) is 4.79 Å². The van der Waals surface area contributed by atoms with Crippen molar-refractivity contribution in [2.24, 2.45) is 5.73 Å². The van der Waals surface area contributed by atoms with E-state index in [1.807, 2.05) is 6.92 Å². The first-order valence-electron chi connectivity index (χ1n) is 6.07. The number of aryl methyl sites for hydroxylation is 1. The molecule has 4 heteroatoms. The van der Waals surface area contributed by atoms with Gasteiger partial charge < -0.3 is 15.3 Å². The Hall–Kier alpha value is -1.81. The molecule has 2 aromatic rings. The van der Waals surface area contributed by atoms with Gasteiger partial charge in [-0.25, -0.2) is 4.79 Å². The third-order valence-corrected chi connectivity index (χ3v) is 3.88. The number of hydrogen-bond acceptors (Lipinski definition) is 3. The molecular formula is C14H15NO3. The van der Waals surface area contributed by atoms with Gasteiger partial charge in [-0.1, -0.05) is 0 Å².